The fourth-order valence-electron chi connectivity index (χ4n) is 12.2. The van der Waals surface area contributed by atoms with Crippen LogP contribution >= 0.6 is 0 Å². The highest BCUT2D eigenvalue weighted by atomic mass is 16.5. The fourth-order valence-corrected chi connectivity index (χ4v) is 12.2. The van der Waals surface area contributed by atoms with E-state index < -0.39 is 0 Å². The largest absolute Gasteiger partial charge is 0.493 e. The number of aryl methyl sites for hydroxylation is 8. The molecule has 4 aromatic rings. The van der Waals surface area contributed by atoms with Crippen molar-refractivity contribution in [2.45, 2.75) is 329 Å². The number of benzene rings is 4. The second-order valence-electron chi connectivity index (χ2n) is 27.5. The molecule has 0 bridgehead atoms. The van der Waals surface area contributed by atoms with E-state index in [1.165, 1.54) is 213 Å². The zero-order chi connectivity index (χ0) is 67.5. The highest BCUT2D eigenvalue weighted by molar-refractivity contribution is 5.48. The zero-order valence-electron chi connectivity index (χ0n) is 62.8. The second kappa shape index (κ2) is 48.9. The monoisotopic (exact) mass is 1280 g/mol. The molecule has 2 saturated carbocycles. The van der Waals surface area contributed by atoms with Gasteiger partial charge in [-0.1, -0.05) is 185 Å². The average molecular weight is 1280 g/mol. The van der Waals surface area contributed by atoms with Crippen LogP contribution < -0.4 is 37.9 Å². The van der Waals surface area contributed by atoms with E-state index in [2.05, 4.69) is 173 Å². The van der Waals surface area contributed by atoms with Crippen molar-refractivity contribution in [3.63, 3.8) is 0 Å². The molecule has 524 valence electrons. The molecule has 0 heterocycles. The van der Waals surface area contributed by atoms with Gasteiger partial charge >= 0.3 is 0 Å². The number of ether oxygens (including phenoxy) is 8. The summed E-state index contributed by atoms with van der Waals surface area (Å²) in [4.78, 5) is 0. The van der Waals surface area contributed by atoms with Crippen molar-refractivity contribution < 1.29 is 37.9 Å². The quantitative estimate of drug-likeness (QED) is 0.0408. The SMILES string of the molecule is CCC(CC)COc1cc(C)c(OCC(CC)CC)cc1C.CCCC(CC)COc1cc(C)c(OCC(CC)CCC)cc1C.CCCCCCCOc1cc(C)c(OCCCCCCC)cc1C.Cc1cc(OC2CCCCC2)c(C)cc1OC1CCCCC1. The molecule has 8 nitrogen and oxygen atoms in total. The topological polar surface area (TPSA) is 73.8 Å². The Kier molecular flexibility index (Phi) is 43.3. The van der Waals surface area contributed by atoms with E-state index in [0.29, 0.717) is 35.9 Å². The first-order chi connectivity index (χ1) is 44.5. The van der Waals surface area contributed by atoms with E-state index in [1.54, 1.807) is 0 Å². The van der Waals surface area contributed by atoms with Crippen LogP contribution in [0.3, 0.4) is 0 Å². The molecular weight excluding hydrogens is 1140 g/mol. The minimum Gasteiger partial charge on any atom is -0.493 e. The minimum atomic E-state index is 0.414. The van der Waals surface area contributed by atoms with Gasteiger partial charge in [-0.25, -0.2) is 0 Å². The lowest BCUT2D eigenvalue weighted by molar-refractivity contribution is 0.148. The summed E-state index contributed by atoms with van der Waals surface area (Å²) in [5.74, 6) is 10.8. The van der Waals surface area contributed by atoms with Crippen LogP contribution in [-0.4, -0.2) is 51.8 Å². The normalized spacial score (nSPS) is 14.0. The Hall–Kier alpha value is -4.72. The minimum absolute atomic E-state index is 0.414. The van der Waals surface area contributed by atoms with Gasteiger partial charge in [0, 0.05) is 0 Å². The molecule has 2 aliphatic rings. The van der Waals surface area contributed by atoms with Crippen molar-refractivity contribution >= 4 is 0 Å². The maximum atomic E-state index is 6.26. The van der Waals surface area contributed by atoms with Crippen LogP contribution in [0.2, 0.25) is 0 Å². The Bertz CT molecular complexity index is 2340. The molecule has 0 amide bonds. The van der Waals surface area contributed by atoms with Crippen molar-refractivity contribution in [2.75, 3.05) is 39.6 Å². The van der Waals surface area contributed by atoms with Gasteiger partial charge in [0.2, 0.25) is 0 Å². The van der Waals surface area contributed by atoms with Gasteiger partial charge in [0.15, 0.2) is 0 Å². The smallest absolute Gasteiger partial charge is 0.123 e. The predicted octanol–water partition coefficient (Wildman–Crippen LogP) is 25.4. The van der Waals surface area contributed by atoms with Gasteiger partial charge in [-0.2, -0.15) is 0 Å². The van der Waals surface area contributed by atoms with Gasteiger partial charge in [-0.05, 0) is 249 Å². The second-order valence-corrected chi connectivity index (χ2v) is 27.5. The standard InChI is InChI=1S/2C22H38O2.C20H30O2.C20H34O2/c1-7-11-19(9-3)15-23-21-13-18(6)22(14-17(21)5)24-16-20(10-4)12-8-2;1-5-7-9-11-13-15-23-21-17-20(4)22(18-19(21)3)24-16-14-12-10-8-6-2;1-15-13-20(22-18-11-7-4-8-12-18)16(2)14-19(15)21-17-9-5-3-6-10-17;1-7-17(8-2)13-21-19-11-16(6)20(12-15(19)5)22-14-18(9-3)10-4/h13-14,19-20H,7-12,15-16H2,1-6H3;17-18H,5-16H2,1-4H3;13-14,17-18H,3-12H2,1-2H3;11-12,17-18H,7-10,13-14H2,1-6H3. The molecule has 0 spiro atoms. The first-order valence-corrected chi connectivity index (χ1v) is 38.1. The lowest BCUT2D eigenvalue weighted by atomic mass is 9.97. The third-order valence-corrected chi connectivity index (χ3v) is 19.3. The van der Waals surface area contributed by atoms with Crippen LogP contribution in [0.1, 0.15) is 306 Å². The maximum absolute atomic E-state index is 6.26. The molecule has 8 heteroatoms. The third-order valence-electron chi connectivity index (χ3n) is 19.3. The highest BCUT2D eigenvalue weighted by Gasteiger charge is 2.21. The molecule has 6 rings (SSSR count). The number of hydrogen-bond acceptors (Lipinski definition) is 8. The summed E-state index contributed by atoms with van der Waals surface area (Å²) in [5, 5.41) is 0. The molecule has 0 saturated heterocycles. The van der Waals surface area contributed by atoms with E-state index in [4.69, 9.17) is 37.9 Å². The maximum Gasteiger partial charge on any atom is 0.123 e. The van der Waals surface area contributed by atoms with Gasteiger partial charge in [0.25, 0.3) is 0 Å². The average Bonchev–Trinajstić information content (AvgIpc) is 1.10. The zero-order valence-corrected chi connectivity index (χ0v) is 62.8. The molecule has 92 heavy (non-hydrogen) atoms. The number of hydrogen-bond donors (Lipinski definition) is 0. The van der Waals surface area contributed by atoms with Crippen LogP contribution in [0, 0.1) is 79.1 Å². The molecule has 2 fully saturated rings. The van der Waals surface area contributed by atoms with Crippen molar-refractivity contribution in [1.29, 1.82) is 0 Å². The van der Waals surface area contributed by atoms with Gasteiger partial charge in [0.1, 0.15) is 46.0 Å². The third kappa shape index (κ3) is 32.1. The Balaban J connectivity index is 0.000000320. The summed E-state index contributed by atoms with van der Waals surface area (Å²) < 4.78 is 48.7. The summed E-state index contributed by atoms with van der Waals surface area (Å²) in [5.41, 5.74) is 9.44. The van der Waals surface area contributed by atoms with Crippen molar-refractivity contribution in [3.8, 4) is 46.0 Å². The Morgan fingerprint density at radius 1 is 0.272 bits per heavy atom. The molecule has 2 unspecified atom stereocenters. The summed E-state index contributed by atoms with van der Waals surface area (Å²) in [6, 6.07) is 17.2. The summed E-state index contributed by atoms with van der Waals surface area (Å²) in [6.45, 7) is 44.2. The van der Waals surface area contributed by atoms with Crippen molar-refractivity contribution in [2.24, 2.45) is 23.7 Å². The molecule has 4 aromatic carbocycles. The Morgan fingerprint density at radius 3 is 0.772 bits per heavy atom. The molecule has 0 radical (unpaired) electrons. The molecule has 2 aliphatic carbocycles. The molecule has 2 atom stereocenters. The van der Waals surface area contributed by atoms with Gasteiger partial charge in [0.05, 0.1) is 51.8 Å². The van der Waals surface area contributed by atoms with Gasteiger partial charge in [-0.3, -0.25) is 0 Å². The van der Waals surface area contributed by atoms with E-state index in [0.717, 1.165) is 110 Å². The number of unbranched alkanes of at least 4 members (excludes halogenated alkanes) is 8. The van der Waals surface area contributed by atoms with E-state index in [-0.39, 0.29) is 0 Å². The Morgan fingerprint density at radius 2 is 0.511 bits per heavy atom. The lowest BCUT2D eigenvalue weighted by Crippen LogP contribution is -2.21. The van der Waals surface area contributed by atoms with Crippen molar-refractivity contribution in [1.82, 2.24) is 0 Å². The van der Waals surface area contributed by atoms with Crippen LogP contribution in [0.25, 0.3) is 0 Å². The van der Waals surface area contributed by atoms with E-state index >= 15 is 0 Å². The van der Waals surface area contributed by atoms with Crippen LogP contribution in [0.4, 0.5) is 0 Å². The summed E-state index contributed by atoms with van der Waals surface area (Å²) >= 11 is 0. The molecule has 0 aliphatic heterocycles. The first-order valence-electron chi connectivity index (χ1n) is 38.1. The van der Waals surface area contributed by atoms with Crippen LogP contribution in [-0.2, 0) is 0 Å². The fraction of sp³-hybridized carbons (Fsp3) is 0.714. The highest BCUT2D eigenvalue weighted by Crippen LogP contribution is 2.35. The predicted molar refractivity (Wildman–Crippen MR) is 395 cm³/mol. The lowest BCUT2D eigenvalue weighted by Gasteiger charge is -2.26. The molecule has 0 aromatic heterocycles. The first kappa shape index (κ1) is 81.5. The van der Waals surface area contributed by atoms with E-state index in [1.807, 2.05) is 0 Å². The summed E-state index contributed by atoms with van der Waals surface area (Å²) in [7, 11) is 0. The summed E-state index contributed by atoms with van der Waals surface area (Å²) in [6.07, 6.45) is 38.4. The molecular formula is C84H140O8. The Labute approximate surface area is 566 Å². The molecule has 0 N–H and O–H groups in total. The van der Waals surface area contributed by atoms with E-state index in [9.17, 15) is 0 Å². The van der Waals surface area contributed by atoms with Gasteiger partial charge < -0.3 is 37.9 Å². The van der Waals surface area contributed by atoms with Crippen molar-refractivity contribution in [3.05, 3.63) is 93.0 Å². The van der Waals surface area contributed by atoms with Crippen LogP contribution in [0.5, 0.6) is 46.0 Å². The van der Waals surface area contributed by atoms with Gasteiger partial charge in [-0.15, -0.1) is 0 Å². The number of rotatable bonds is 40. The van der Waals surface area contributed by atoms with Crippen LogP contribution in [0.15, 0.2) is 48.5 Å².